The van der Waals surface area contributed by atoms with Gasteiger partial charge in [-0.3, -0.25) is 0 Å². The van der Waals surface area contributed by atoms with Gasteiger partial charge in [0.15, 0.2) is 5.65 Å². The van der Waals surface area contributed by atoms with Gasteiger partial charge in [0.1, 0.15) is 11.6 Å². The molecule has 7 heteroatoms. The summed E-state index contributed by atoms with van der Waals surface area (Å²) < 4.78 is 0. The number of pyridine rings is 2. The summed E-state index contributed by atoms with van der Waals surface area (Å²) in [5, 5.41) is 0.679. The Hall–Kier alpha value is -2.96. The van der Waals surface area contributed by atoms with Crippen molar-refractivity contribution in [2.45, 2.75) is 18.9 Å². The van der Waals surface area contributed by atoms with Gasteiger partial charge in [0.05, 0.1) is 5.52 Å². The van der Waals surface area contributed by atoms with Crippen molar-refractivity contribution < 1.29 is 0 Å². The van der Waals surface area contributed by atoms with Gasteiger partial charge in [0.25, 0.3) is 0 Å². The van der Waals surface area contributed by atoms with Crippen LogP contribution in [0.5, 0.6) is 0 Å². The quantitative estimate of drug-likeness (QED) is 0.532. The zero-order valence-electron chi connectivity index (χ0n) is 15.8. The highest BCUT2D eigenvalue weighted by Crippen LogP contribution is 2.26. The topological polar surface area (TPSA) is 83.7 Å². The second-order valence-electron chi connectivity index (χ2n) is 7.42. The van der Waals surface area contributed by atoms with Crippen LogP contribution in [0.15, 0.2) is 54.9 Å². The van der Waals surface area contributed by atoms with Gasteiger partial charge >= 0.3 is 0 Å². The SMILES string of the molecule is NC1CCN(c2ccc(-c3cnc4nc(-c5cccc(Cl)c5)[nH]c4c3)cn2)CC1. The minimum absolute atomic E-state index is 0.314. The first-order valence-corrected chi connectivity index (χ1v) is 10.1. The minimum atomic E-state index is 0.314. The Bertz CT molecular complexity index is 1150. The van der Waals surface area contributed by atoms with Crippen LogP contribution < -0.4 is 10.6 Å². The minimum Gasteiger partial charge on any atom is -0.357 e. The molecule has 0 unspecified atom stereocenters. The lowest BCUT2D eigenvalue weighted by Crippen LogP contribution is -2.40. The second kappa shape index (κ2) is 7.46. The summed E-state index contributed by atoms with van der Waals surface area (Å²) in [6.45, 7) is 1.92. The molecule has 3 N–H and O–H groups in total. The molecule has 29 heavy (non-hydrogen) atoms. The third kappa shape index (κ3) is 3.69. The number of nitrogens with zero attached hydrogens (tertiary/aromatic N) is 4. The zero-order valence-corrected chi connectivity index (χ0v) is 16.6. The van der Waals surface area contributed by atoms with Crippen molar-refractivity contribution >= 4 is 28.6 Å². The van der Waals surface area contributed by atoms with E-state index < -0.39 is 0 Å². The summed E-state index contributed by atoms with van der Waals surface area (Å²) in [7, 11) is 0. The molecule has 4 heterocycles. The Morgan fingerprint density at radius 1 is 0.966 bits per heavy atom. The van der Waals surface area contributed by atoms with E-state index >= 15 is 0 Å². The number of fused-ring (bicyclic) bond motifs is 1. The first-order chi connectivity index (χ1) is 14.2. The standard InChI is InChI=1S/C22H21ClN6/c23-17-3-1-2-14(10-17)21-27-19-11-16(13-26-22(19)28-21)15-4-5-20(25-12-15)29-8-6-18(24)7-9-29/h1-5,10-13,18H,6-9,24H2,(H,26,27,28). The van der Waals surface area contributed by atoms with E-state index in [1.807, 2.05) is 36.7 Å². The number of hydrogen-bond acceptors (Lipinski definition) is 5. The molecule has 1 fully saturated rings. The van der Waals surface area contributed by atoms with Crippen LogP contribution in [-0.2, 0) is 0 Å². The number of aromatic nitrogens is 4. The van der Waals surface area contributed by atoms with Crippen LogP contribution in [0.2, 0.25) is 5.02 Å². The highest BCUT2D eigenvalue weighted by Gasteiger charge is 2.17. The molecule has 5 rings (SSSR count). The Balaban J connectivity index is 1.41. The summed E-state index contributed by atoms with van der Waals surface area (Å²) in [5.41, 5.74) is 10.5. The first-order valence-electron chi connectivity index (χ1n) is 9.74. The Morgan fingerprint density at radius 3 is 2.55 bits per heavy atom. The maximum atomic E-state index is 6.10. The van der Waals surface area contributed by atoms with Crippen LogP contribution in [0.3, 0.4) is 0 Å². The maximum Gasteiger partial charge on any atom is 0.178 e. The number of anilines is 1. The van der Waals surface area contributed by atoms with E-state index in [1.54, 1.807) is 0 Å². The van der Waals surface area contributed by atoms with Crippen molar-refractivity contribution in [3.63, 3.8) is 0 Å². The Kier molecular flexibility index (Phi) is 4.66. The summed E-state index contributed by atoms with van der Waals surface area (Å²) in [6.07, 6.45) is 5.76. The van der Waals surface area contributed by atoms with Crippen LogP contribution in [0.25, 0.3) is 33.7 Å². The second-order valence-corrected chi connectivity index (χ2v) is 7.86. The number of imidazole rings is 1. The van der Waals surface area contributed by atoms with Crippen LogP contribution >= 0.6 is 11.6 Å². The van der Waals surface area contributed by atoms with Crippen molar-refractivity contribution in [1.82, 2.24) is 19.9 Å². The summed E-state index contributed by atoms with van der Waals surface area (Å²) in [5.74, 6) is 1.75. The molecule has 4 aromatic rings. The lowest BCUT2D eigenvalue weighted by atomic mass is 10.1. The van der Waals surface area contributed by atoms with E-state index in [0.29, 0.717) is 16.7 Å². The molecule has 0 spiro atoms. The molecular formula is C22H21ClN6. The normalized spacial score (nSPS) is 15.2. The first kappa shape index (κ1) is 18.1. The fourth-order valence-electron chi connectivity index (χ4n) is 3.70. The smallest absolute Gasteiger partial charge is 0.178 e. The van der Waals surface area contributed by atoms with E-state index in [4.69, 9.17) is 17.3 Å². The number of aromatic amines is 1. The van der Waals surface area contributed by atoms with Crippen LogP contribution in [0.1, 0.15) is 12.8 Å². The fourth-order valence-corrected chi connectivity index (χ4v) is 3.89. The number of nitrogens with two attached hydrogens (primary N) is 1. The lowest BCUT2D eigenvalue weighted by Gasteiger charge is -2.31. The van der Waals surface area contributed by atoms with Crippen molar-refractivity contribution in [3.8, 4) is 22.5 Å². The number of halogens is 1. The van der Waals surface area contributed by atoms with Crippen LogP contribution in [0.4, 0.5) is 5.82 Å². The van der Waals surface area contributed by atoms with Crippen molar-refractivity contribution in [1.29, 1.82) is 0 Å². The van der Waals surface area contributed by atoms with Crippen molar-refractivity contribution in [2.75, 3.05) is 18.0 Å². The van der Waals surface area contributed by atoms with E-state index in [1.165, 1.54) is 0 Å². The summed E-state index contributed by atoms with van der Waals surface area (Å²) in [6, 6.07) is 14.1. The van der Waals surface area contributed by atoms with Gasteiger partial charge in [-0.1, -0.05) is 23.7 Å². The predicted molar refractivity (Wildman–Crippen MR) is 117 cm³/mol. The molecule has 0 bridgehead atoms. The number of H-pyrrole nitrogens is 1. The predicted octanol–water partition coefficient (Wildman–Crippen LogP) is 4.27. The third-order valence-electron chi connectivity index (χ3n) is 5.38. The maximum absolute atomic E-state index is 6.10. The van der Waals surface area contributed by atoms with Gasteiger partial charge in [-0.2, -0.15) is 0 Å². The molecule has 1 aromatic carbocycles. The summed E-state index contributed by atoms with van der Waals surface area (Å²) >= 11 is 6.10. The molecule has 1 saturated heterocycles. The monoisotopic (exact) mass is 404 g/mol. The van der Waals surface area contributed by atoms with Gasteiger partial charge in [-0.25, -0.2) is 15.0 Å². The molecule has 6 nitrogen and oxygen atoms in total. The third-order valence-corrected chi connectivity index (χ3v) is 5.62. The van der Waals surface area contributed by atoms with Gasteiger partial charge in [0, 0.05) is 53.2 Å². The van der Waals surface area contributed by atoms with E-state index in [9.17, 15) is 0 Å². The van der Waals surface area contributed by atoms with Crippen LogP contribution in [0, 0.1) is 0 Å². The van der Waals surface area contributed by atoms with Gasteiger partial charge in [-0.05, 0) is 43.2 Å². The molecule has 1 aliphatic heterocycles. The average Bonchev–Trinajstić information content (AvgIpc) is 3.18. The van der Waals surface area contributed by atoms with Crippen LogP contribution in [-0.4, -0.2) is 39.1 Å². The molecule has 146 valence electrons. The fraction of sp³-hybridized carbons (Fsp3) is 0.227. The molecule has 0 aliphatic carbocycles. The molecule has 1 aliphatic rings. The number of nitrogens with one attached hydrogen (secondary N) is 1. The average molecular weight is 405 g/mol. The Morgan fingerprint density at radius 2 is 1.79 bits per heavy atom. The number of piperidine rings is 1. The largest absolute Gasteiger partial charge is 0.357 e. The lowest BCUT2D eigenvalue weighted by molar-refractivity contribution is 0.498. The molecule has 0 saturated carbocycles. The molecule has 0 radical (unpaired) electrons. The van der Waals surface area contributed by atoms with E-state index in [-0.39, 0.29) is 0 Å². The van der Waals surface area contributed by atoms with Gasteiger partial charge < -0.3 is 15.6 Å². The highest BCUT2D eigenvalue weighted by molar-refractivity contribution is 6.30. The van der Waals surface area contributed by atoms with Gasteiger partial charge in [0.2, 0.25) is 0 Å². The molecule has 0 atom stereocenters. The molecular weight excluding hydrogens is 384 g/mol. The molecule has 3 aromatic heterocycles. The summed E-state index contributed by atoms with van der Waals surface area (Å²) in [4.78, 5) is 19.4. The van der Waals surface area contributed by atoms with Crippen molar-refractivity contribution in [2.24, 2.45) is 5.73 Å². The van der Waals surface area contributed by atoms with E-state index in [2.05, 4.69) is 43.0 Å². The number of rotatable bonds is 3. The number of hydrogen-bond donors (Lipinski definition) is 2. The van der Waals surface area contributed by atoms with Gasteiger partial charge in [-0.15, -0.1) is 0 Å². The number of benzene rings is 1. The Labute approximate surface area is 173 Å². The van der Waals surface area contributed by atoms with E-state index in [0.717, 1.165) is 59.8 Å². The zero-order chi connectivity index (χ0) is 19.8. The molecule has 0 amide bonds. The van der Waals surface area contributed by atoms with Crippen molar-refractivity contribution in [3.05, 3.63) is 59.9 Å². The highest BCUT2D eigenvalue weighted by atomic mass is 35.5.